The first-order valence-corrected chi connectivity index (χ1v) is 28.4. The minimum atomic E-state index is -1.90. The predicted octanol–water partition coefficient (Wildman–Crippen LogP) is -7.30. The van der Waals surface area contributed by atoms with Crippen molar-refractivity contribution in [1.82, 2.24) is 47.9 Å². The van der Waals surface area contributed by atoms with Gasteiger partial charge in [0, 0.05) is 32.4 Å². The van der Waals surface area contributed by atoms with E-state index in [1.165, 1.54) is 38.1 Å². The summed E-state index contributed by atoms with van der Waals surface area (Å²) in [4.78, 5) is 191. The lowest BCUT2D eigenvalue weighted by Crippen LogP contribution is -2.61. The van der Waals surface area contributed by atoms with Gasteiger partial charge in [-0.3, -0.25) is 72.3 Å². The lowest BCUT2D eigenvalue weighted by atomic mass is 9.99. The Kier molecular flexibility index (Phi) is 35.1. The number of guanidine groups is 2. The van der Waals surface area contributed by atoms with Crippen LogP contribution in [0.15, 0.2) is 34.3 Å². The number of nitrogens with one attached hydrogen (secondary N) is 9. The van der Waals surface area contributed by atoms with Gasteiger partial charge in [-0.15, -0.1) is 0 Å². The number of phenols is 1. The molecular formula is C53H86N18O19. The standard InChI is InChI=1S/C53H86N18O19/c1-25(2)41(71-49(87)35(24-40(78)79)68-45(83)30(9-4-5-19-54)65-43(81)29(55)8-6-20-61-52(57)58)50(88)69-34(22-27-11-13-28(72)14-12-27)48(86)67-33(16-18-39(76)77)47(85)66-32(15-17-38(74)75)44(82)63-26(3)42(80)64-31(10-7-21-62-53(59)60)46(84)70-36(51(89)90)23-37(56)73/h11-14,25-26,29-36,41,72H,4-10,15-24,54-55H2,1-3H3,(H2,56,73)(H,63,82)(H,64,80)(H,65,81)(H,66,85)(H,67,86)(H,68,83)(H,69,88)(H,70,84)(H,71,87)(H,74,75)(H,76,77)(H,78,79)(H,89,90)(H4,57,58,61)(H4,59,60,62)/t26-,29-,30-,31-,32-,33-,34-,35-,36-,41-/m0/s1. The summed E-state index contributed by atoms with van der Waals surface area (Å²) in [6, 6.07) is -11.3. The number of nitrogens with zero attached hydrogens (tertiary/aromatic N) is 2. The first-order chi connectivity index (χ1) is 42.1. The molecule has 0 aliphatic rings. The van der Waals surface area contributed by atoms with E-state index in [1.807, 2.05) is 0 Å². The Balaban J connectivity index is 3.63. The number of amides is 10. The molecule has 10 atom stereocenters. The van der Waals surface area contributed by atoms with Crippen LogP contribution >= 0.6 is 0 Å². The molecule has 0 fully saturated rings. The SMILES string of the molecule is CC(C)[C@H](NC(=O)[C@H](CC(=O)O)NC(=O)[C@H](CCCCN)NC(=O)[C@@H](N)CCCN=C(N)N)C(=O)N[C@@H](Cc1ccc(O)cc1)C(=O)N[C@@H](CCC(=O)O)C(=O)N[C@@H](CCC(=O)O)C(=O)N[C@@H](C)C(=O)N[C@@H](CCCN=C(N)N)C(=O)N[C@@H](CC(N)=O)C(=O)O. The maximum Gasteiger partial charge on any atom is 0.326 e. The number of primary amides is 1. The van der Waals surface area contributed by atoms with Gasteiger partial charge in [-0.25, -0.2) is 4.79 Å². The third kappa shape index (κ3) is 31.6. The number of benzene rings is 1. The van der Waals surface area contributed by atoms with E-state index in [0.29, 0.717) is 12.8 Å². The van der Waals surface area contributed by atoms with Crippen LogP contribution in [0.2, 0.25) is 0 Å². The molecule has 0 heterocycles. The summed E-state index contributed by atoms with van der Waals surface area (Å²) in [6.07, 6.45) is -4.51. The van der Waals surface area contributed by atoms with Crippen LogP contribution in [0.4, 0.5) is 0 Å². The molecule has 0 radical (unpaired) electrons. The molecule has 1 aromatic carbocycles. The van der Waals surface area contributed by atoms with Gasteiger partial charge in [-0.2, -0.15) is 0 Å². The van der Waals surface area contributed by atoms with Gasteiger partial charge >= 0.3 is 23.9 Å². The smallest absolute Gasteiger partial charge is 0.326 e. The fourth-order valence-electron chi connectivity index (χ4n) is 8.21. The van der Waals surface area contributed by atoms with E-state index in [9.17, 15) is 92.7 Å². The zero-order chi connectivity index (χ0) is 68.4. The number of aromatic hydroxyl groups is 1. The number of carbonyl (C=O) groups is 14. The molecule has 10 amide bonds. The molecule has 37 heteroatoms. The Labute approximate surface area is 516 Å². The molecule has 37 nitrogen and oxygen atoms in total. The zero-order valence-electron chi connectivity index (χ0n) is 50.1. The van der Waals surface area contributed by atoms with Crippen LogP contribution in [0.1, 0.15) is 110 Å². The van der Waals surface area contributed by atoms with Gasteiger partial charge in [-0.1, -0.05) is 26.0 Å². The monoisotopic (exact) mass is 1280 g/mol. The molecule has 0 unspecified atom stereocenters. The Morgan fingerprint density at radius 3 is 1.31 bits per heavy atom. The first kappa shape index (κ1) is 78.1. The maximum absolute atomic E-state index is 14.4. The number of rotatable bonds is 44. The van der Waals surface area contributed by atoms with Crippen LogP contribution in [0.5, 0.6) is 5.75 Å². The van der Waals surface area contributed by atoms with Crippen molar-refractivity contribution in [1.29, 1.82) is 0 Å². The van der Waals surface area contributed by atoms with Crippen LogP contribution in [0, 0.1) is 5.92 Å². The highest BCUT2D eigenvalue weighted by Gasteiger charge is 2.37. The van der Waals surface area contributed by atoms with Gasteiger partial charge in [0.2, 0.25) is 59.1 Å². The summed E-state index contributed by atoms with van der Waals surface area (Å²) < 4.78 is 0. The van der Waals surface area contributed by atoms with Crippen LogP contribution in [-0.2, 0) is 73.5 Å². The molecule has 1 aromatic rings. The molecule has 28 N–H and O–H groups in total. The van der Waals surface area contributed by atoms with Crippen LogP contribution < -0.4 is 88.0 Å². The van der Waals surface area contributed by atoms with Crippen molar-refractivity contribution in [2.75, 3.05) is 19.6 Å². The average Bonchev–Trinajstić information content (AvgIpc) is 1.45. The Bertz CT molecular complexity index is 2720. The number of hydrogen-bond donors (Lipinski definition) is 21. The normalized spacial score (nSPS) is 14.2. The summed E-state index contributed by atoms with van der Waals surface area (Å²) in [5.74, 6) is -18.8. The molecule has 90 heavy (non-hydrogen) atoms. The second-order valence-electron chi connectivity index (χ2n) is 21.0. The van der Waals surface area contributed by atoms with Crippen molar-refractivity contribution in [2.24, 2.45) is 56.0 Å². The fourth-order valence-corrected chi connectivity index (χ4v) is 8.21. The quantitative estimate of drug-likeness (QED) is 0.0164. The van der Waals surface area contributed by atoms with Gasteiger partial charge in [0.1, 0.15) is 60.1 Å². The van der Waals surface area contributed by atoms with E-state index in [2.05, 4.69) is 57.8 Å². The topological polar surface area (TPSA) is 655 Å². The first-order valence-electron chi connectivity index (χ1n) is 28.4. The Morgan fingerprint density at radius 1 is 0.444 bits per heavy atom. The van der Waals surface area contributed by atoms with E-state index < -0.39 is 194 Å². The molecule has 0 bridgehead atoms. The van der Waals surface area contributed by atoms with Crippen molar-refractivity contribution in [2.45, 2.75) is 171 Å². The number of carboxylic acids is 4. The van der Waals surface area contributed by atoms with E-state index in [-0.39, 0.29) is 75.0 Å². The minimum Gasteiger partial charge on any atom is -0.508 e. The number of nitrogens with two attached hydrogens (primary N) is 7. The van der Waals surface area contributed by atoms with Gasteiger partial charge in [0.25, 0.3) is 0 Å². The highest BCUT2D eigenvalue weighted by atomic mass is 16.4. The highest BCUT2D eigenvalue weighted by Crippen LogP contribution is 2.15. The molecule has 0 spiro atoms. The fraction of sp³-hybridized carbons (Fsp3) is 0.585. The Morgan fingerprint density at radius 2 is 0.856 bits per heavy atom. The van der Waals surface area contributed by atoms with Gasteiger partial charge in [0.15, 0.2) is 11.9 Å². The van der Waals surface area contributed by atoms with Gasteiger partial charge in [-0.05, 0) is 94.9 Å². The van der Waals surface area contributed by atoms with Gasteiger partial charge in [0.05, 0.1) is 18.9 Å². The second-order valence-corrected chi connectivity index (χ2v) is 21.0. The van der Waals surface area contributed by atoms with E-state index in [0.717, 1.165) is 6.92 Å². The summed E-state index contributed by atoms with van der Waals surface area (Å²) >= 11 is 0. The number of hydrogen-bond acceptors (Lipinski definition) is 19. The average molecular weight is 1280 g/mol. The molecular weight excluding hydrogens is 1190 g/mol. The van der Waals surface area contributed by atoms with Crippen molar-refractivity contribution in [3.05, 3.63) is 29.8 Å². The number of unbranched alkanes of at least 4 members (excludes halogenated alkanes) is 1. The molecule has 0 saturated carbocycles. The summed E-state index contributed by atoms with van der Waals surface area (Å²) in [7, 11) is 0. The minimum absolute atomic E-state index is 0.0130. The van der Waals surface area contributed by atoms with Crippen LogP contribution in [-0.4, -0.2) is 200 Å². The lowest BCUT2D eigenvalue weighted by molar-refractivity contribution is -0.144. The maximum atomic E-state index is 14.4. The van der Waals surface area contributed by atoms with E-state index in [4.69, 9.17) is 40.1 Å². The van der Waals surface area contributed by atoms with Crippen molar-refractivity contribution >= 4 is 94.9 Å². The molecule has 0 aliphatic heterocycles. The molecule has 0 saturated heterocycles. The molecule has 502 valence electrons. The third-order valence-electron chi connectivity index (χ3n) is 13.1. The summed E-state index contributed by atoms with van der Waals surface area (Å²) in [5.41, 5.74) is 38.4. The van der Waals surface area contributed by atoms with Gasteiger partial charge < -0.3 is 114 Å². The van der Waals surface area contributed by atoms with Crippen molar-refractivity contribution in [3.63, 3.8) is 0 Å². The number of phenolic OH excluding ortho intramolecular Hbond substituents is 1. The zero-order valence-corrected chi connectivity index (χ0v) is 50.1. The van der Waals surface area contributed by atoms with E-state index in [1.54, 1.807) is 0 Å². The van der Waals surface area contributed by atoms with Crippen molar-refractivity contribution < 1.29 is 92.7 Å². The van der Waals surface area contributed by atoms with Crippen molar-refractivity contribution in [3.8, 4) is 5.75 Å². The van der Waals surface area contributed by atoms with E-state index >= 15 is 0 Å². The Hall–Kier alpha value is -9.94. The lowest BCUT2D eigenvalue weighted by Gasteiger charge is -2.29. The number of aliphatic carboxylic acids is 4. The summed E-state index contributed by atoms with van der Waals surface area (Å²) in [6.45, 7) is 4.30. The molecule has 0 aromatic heterocycles. The van der Waals surface area contributed by atoms with Crippen LogP contribution in [0.25, 0.3) is 0 Å². The summed E-state index contributed by atoms with van der Waals surface area (Å²) in [5, 5.41) is 69.5. The number of carboxylic acid groups (broad SMARTS) is 4. The third-order valence-corrected chi connectivity index (χ3v) is 13.1. The predicted molar refractivity (Wildman–Crippen MR) is 318 cm³/mol. The molecule has 1 rings (SSSR count). The number of aliphatic imine (C=N–C) groups is 2. The largest absolute Gasteiger partial charge is 0.508 e. The second kappa shape index (κ2) is 40.5. The van der Waals surface area contributed by atoms with Crippen LogP contribution in [0.3, 0.4) is 0 Å². The number of carbonyl (C=O) groups excluding carboxylic acids is 10. The molecule has 0 aliphatic carbocycles. The highest BCUT2D eigenvalue weighted by molar-refractivity contribution is 5.99.